The summed E-state index contributed by atoms with van der Waals surface area (Å²) in [7, 11) is 0. The fourth-order valence-corrected chi connectivity index (χ4v) is 2.85. The Labute approximate surface area is 123 Å². The number of rotatable bonds is 3. The highest BCUT2D eigenvalue weighted by molar-refractivity contribution is 9.10. The Bertz CT molecular complexity index is 552. The van der Waals surface area contributed by atoms with Crippen LogP contribution in [0.3, 0.4) is 0 Å². The average Bonchev–Trinajstić information content (AvgIpc) is 2.71. The fourth-order valence-electron chi connectivity index (χ4n) is 1.86. The third-order valence-electron chi connectivity index (χ3n) is 2.73. The number of nitrogens with zero attached hydrogens (tertiary/aromatic N) is 2. The maximum Gasteiger partial charge on any atom is 0.123 e. The van der Waals surface area contributed by atoms with Crippen LogP contribution in [0.5, 0.6) is 0 Å². The molecule has 1 aromatic carbocycles. The van der Waals surface area contributed by atoms with Crippen LogP contribution in [-0.2, 0) is 0 Å². The second-order valence-electron chi connectivity index (χ2n) is 4.34. The number of aromatic nitrogens is 2. The molecule has 0 fully saturated rings. The molecule has 0 bridgehead atoms. The number of benzene rings is 1. The third-order valence-corrected chi connectivity index (χ3v) is 4.07. The average molecular weight is 374 g/mol. The highest BCUT2D eigenvalue weighted by atomic mass is 79.9. The van der Waals surface area contributed by atoms with E-state index in [1.165, 1.54) is 0 Å². The topological polar surface area (TPSA) is 38.0 Å². The van der Waals surface area contributed by atoms with Gasteiger partial charge < -0.3 is 5.11 Å². The normalized spacial score (nSPS) is 13.0. The summed E-state index contributed by atoms with van der Waals surface area (Å²) in [5, 5.41) is 14.8. The summed E-state index contributed by atoms with van der Waals surface area (Å²) in [4.78, 5) is 0. The van der Waals surface area contributed by atoms with E-state index in [1.54, 1.807) is 6.20 Å². The summed E-state index contributed by atoms with van der Waals surface area (Å²) in [5.41, 5.74) is 1.61. The minimum Gasteiger partial charge on any atom is -0.382 e. The minimum atomic E-state index is -0.708. The Morgan fingerprint density at radius 3 is 2.44 bits per heavy atom. The number of hydrogen-bond acceptors (Lipinski definition) is 2. The van der Waals surface area contributed by atoms with Gasteiger partial charge in [0.2, 0.25) is 0 Å². The molecule has 0 spiro atoms. The van der Waals surface area contributed by atoms with Gasteiger partial charge in [0, 0.05) is 16.1 Å². The van der Waals surface area contributed by atoms with E-state index in [0.29, 0.717) is 0 Å². The zero-order valence-electron chi connectivity index (χ0n) is 10.1. The lowest BCUT2D eigenvalue weighted by Crippen LogP contribution is -2.13. The molecule has 3 nitrogen and oxygen atoms in total. The van der Waals surface area contributed by atoms with Gasteiger partial charge in [0.15, 0.2) is 0 Å². The molecule has 1 heterocycles. The van der Waals surface area contributed by atoms with Crippen LogP contribution >= 0.6 is 31.9 Å². The van der Waals surface area contributed by atoms with Crippen molar-refractivity contribution in [2.75, 3.05) is 0 Å². The van der Waals surface area contributed by atoms with Gasteiger partial charge in [-0.2, -0.15) is 5.10 Å². The number of aliphatic hydroxyl groups is 1. The molecule has 5 heteroatoms. The van der Waals surface area contributed by atoms with Gasteiger partial charge in [-0.15, -0.1) is 0 Å². The standard InChI is InChI=1S/C13H14Br2N2O/c1-8(2)17-12(11(15)7-16-17)13(18)9-5-3-4-6-10(9)14/h3-8,13,18H,1-2H3. The van der Waals surface area contributed by atoms with E-state index in [1.807, 2.05) is 42.8 Å². The van der Waals surface area contributed by atoms with Crippen LogP contribution in [0.15, 0.2) is 39.4 Å². The predicted octanol–water partition coefficient (Wildman–Crippen LogP) is 4.07. The number of hydrogen-bond donors (Lipinski definition) is 1. The first kappa shape index (κ1) is 13.8. The van der Waals surface area contributed by atoms with Crippen molar-refractivity contribution in [3.63, 3.8) is 0 Å². The Hall–Kier alpha value is -0.650. The molecule has 0 saturated heterocycles. The van der Waals surface area contributed by atoms with Gasteiger partial charge in [0.05, 0.1) is 16.4 Å². The lowest BCUT2D eigenvalue weighted by Gasteiger charge is -2.18. The molecule has 0 amide bonds. The fraction of sp³-hybridized carbons (Fsp3) is 0.308. The van der Waals surface area contributed by atoms with Crippen LogP contribution in [-0.4, -0.2) is 14.9 Å². The van der Waals surface area contributed by atoms with Gasteiger partial charge in [-0.25, -0.2) is 0 Å². The maximum atomic E-state index is 10.6. The molecule has 0 aliphatic rings. The highest BCUT2D eigenvalue weighted by Crippen LogP contribution is 2.33. The van der Waals surface area contributed by atoms with Gasteiger partial charge in [-0.3, -0.25) is 4.68 Å². The summed E-state index contributed by atoms with van der Waals surface area (Å²) >= 11 is 6.91. The summed E-state index contributed by atoms with van der Waals surface area (Å²) in [5.74, 6) is 0. The zero-order valence-corrected chi connectivity index (χ0v) is 13.3. The van der Waals surface area contributed by atoms with Crippen molar-refractivity contribution >= 4 is 31.9 Å². The van der Waals surface area contributed by atoms with E-state index in [9.17, 15) is 5.11 Å². The van der Waals surface area contributed by atoms with Gasteiger partial charge in [0.1, 0.15) is 6.10 Å². The van der Waals surface area contributed by atoms with Crippen molar-refractivity contribution in [3.8, 4) is 0 Å². The highest BCUT2D eigenvalue weighted by Gasteiger charge is 2.22. The maximum absolute atomic E-state index is 10.6. The molecule has 2 rings (SSSR count). The smallest absolute Gasteiger partial charge is 0.123 e. The Morgan fingerprint density at radius 1 is 1.17 bits per heavy atom. The molecule has 0 aliphatic heterocycles. The van der Waals surface area contributed by atoms with Crippen LogP contribution in [0.25, 0.3) is 0 Å². The van der Waals surface area contributed by atoms with E-state index in [-0.39, 0.29) is 6.04 Å². The van der Waals surface area contributed by atoms with E-state index in [4.69, 9.17) is 0 Å². The molecule has 1 N–H and O–H groups in total. The Morgan fingerprint density at radius 2 is 1.83 bits per heavy atom. The Kier molecular flexibility index (Phi) is 4.25. The Balaban J connectivity index is 2.49. The van der Waals surface area contributed by atoms with Crippen molar-refractivity contribution in [2.24, 2.45) is 0 Å². The molecular weight excluding hydrogens is 360 g/mol. The lowest BCUT2D eigenvalue weighted by atomic mass is 10.1. The van der Waals surface area contributed by atoms with Crippen molar-refractivity contribution in [3.05, 3.63) is 50.7 Å². The third kappa shape index (κ3) is 2.53. The van der Waals surface area contributed by atoms with E-state index in [0.717, 1.165) is 20.2 Å². The van der Waals surface area contributed by atoms with Crippen LogP contribution in [0, 0.1) is 0 Å². The SMILES string of the molecule is CC(C)n1ncc(Br)c1C(O)c1ccccc1Br. The molecular formula is C13H14Br2N2O. The summed E-state index contributed by atoms with van der Waals surface area (Å²) in [6.45, 7) is 4.07. The van der Waals surface area contributed by atoms with E-state index in [2.05, 4.69) is 37.0 Å². The lowest BCUT2D eigenvalue weighted by molar-refractivity contribution is 0.203. The summed E-state index contributed by atoms with van der Waals surface area (Å²) in [6.07, 6.45) is 1.01. The quantitative estimate of drug-likeness (QED) is 0.880. The predicted molar refractivity (Wildman–Crippen MR) is 78.5 cm³/mol. The van der Waals surface area contributed by atoms with Crippen LogP contribution in [0.1, 0.15) is 37.3 Å². The first-order valence-corrected chi connectivity index (χ1v) is 7.26. The van der Waals surface area contributed by atoms with Crippen LogP contribution in [0.4, 0.5) is 0 Å². The van der Waals surface area contributed by atoms with Crippen LogP contribution < -0.4 is 0 Å². The molecule has 2 aromatic rings. The zero-order chi connectivity index (χ0) is 13.3. The van der Waals surface area contributed by atoms with Crippen molar-refractivity contribution in [2.45, 2.75) is 26.0 Å². The van der Waals surface area contributed by atoms with Gasteiger partial charge in [0.25, 0.3) is 0 Å². The molecule has 96 valence electrons. The van der Waals surface area contributed by atoms with Gasteiger partial charge in [-0.05, 0) is 35.8 Å². The molecule has 1 atom stereocenters. The monoisotopic (exact) mass is 372 g/mol. The van der Waals surface area contributed by atoms with Crippen molar-refractivity contribution in [1.29, 1.82) is 0 Å². The van der Waals surface area contributed by atoms with Gasteiger partial charge >= 0.3 is 0 Å². The van der Waals surface area contributed by atoms with E-state index < -0.39 is 6.10 Å². The van der Waals surface area contributed by atoms with Crippen molar-refractivity contribution < 1.29 is 5.11 Å². The van der Waals surface area contributed by atoms with E-state index >= 15 is 0 Å². The van der Waals surface area contributed by atoms with Gasteiger partial charge in [-0.1, -0.05) is 34.1 Å². The van der Waals surface area contributed by atoms with Crippen molar-refractivity contribution in [1.82, 2.24) is 9.78 Å². The second-order valence-corrected chi connectivity index (χ2v) is 6.05. The number of halogens is 2. The molecule has 1 aromatic heterocycles. The molecule has 0 saturated carbocycles. The minimum absolute atomic E-state index is 0.198. The molecule has 0 aliphatic carbocycles. The molecule has 0 radical (unpaired) electrons. The molecule has 18 heavy (non-hydrogen) atoms. The van der Waals surface area contributed by atoms with Crippen LogP contribution in [0.2, 0.25) is 0 Å². The first-order valence-electron chi connectivity index (χ1n) is 5.67. The first-order chi connectivity index (χ1) is 8.52. The number of aliphatic hydroxyl groups excluding tert-OH is 1. The second kappa shape index (κ2) is 5.55. The summed E-state index contributed by atoms with van der Waals surface area (Å²) < 4.78 is 3.54. The largest absolute Gasteiger partial charge is 0.382 e. The summed E-state index contributed by atoms with van der Waals surface area (Å²) in [6, 6.07) is 7.85. The molecule has 1 unspecified atom stereocenters.